The topological polar surface area (TPSA) is 61.0 Å². The molecule has 6 rings (SSSR count). The Morgan fingerprint density at radius 1 is 1.08 bits per heavy atom. The van der Waals surface area contributed by atoms with Crippen LogP contribution in [-0.2, 0) is 17.8 Å². The highest BCUT2D eigenvalue weighted by atomic mass is 16.6. The highest BCUT2D eigenvalue weighted by molar-refractivity contribution is 5.79. The number of carbonyl (C=O) groups is 1. The predicted molar refractivity (Wildman–Crippen MR) is 141 cm³/mol. The third kappa shape index (κ3) is 4.88. The lowest BCUT2D eigenvalue weighted by Crippen LogP contribution is -2.40. The van der Waals surface area contributed by atoms with Gasteiger partial charge in [0.15, 0.2) is 5.69 Å². The van der Waals surface area contributed by atoms with Crippen molar-refractivity contribution in [3.8, 4) is 11.5 Å². The van der Waals surface area contributed by atoms with E-state index in [1.165, 1.54) is 0 Å². The molecule has 3 aromatic carbocycles. The van der Waals surface area contributed by atoms with E-state index in [1.54, 1.807) is 6.07 Å². The molecule has 1 saturated carbocycles. The normalized spacial score (nSPS) is 21.2. The lowest BCUT2D eigenvalue weighted by atomic mass is 9.78. The number of aromatic nitrogens is 2. The molecule has 1 aromatic heterocycles. The van der Waals surface area contributed by atoms with E-state index in [-0.39, 0.29) is 6.09 Å². The summed E-state index contributed by atoms with van der Waals surface area (Å²) in [5.41, 5.74) is 3.06. The Balaban J connectivity index is 1.13. The van der Waals surface area contributed by atoms with E-state index in [0.717, 1.165) is 60.3 Å². The van der Waals surface area contributed by atoms with E-state index < -0.39 is 5.60 Å². The van der Waals surface area contributed by atoms with Gasteiger partial charge in [0.25, 0.3) is 0 Å². The maximum absolute atomic E-state index is 12.9. The van der Waals surface area contributed by atoms with Crippen molar-refractivity contribution in [2.24, 2.45) is 5.92 Å². The van der Waals surface area contributed by atoms with Crippen LogP contribution >= 0.6 is 0 Å². The van der Waals surface area contributed by atoms with E-state index in [9.17, 15) is 4.79 Å². The van der Waals surface area contributed by atoms with Crippen molar-refractivity contribution < 1.29 is 14.3 Å². The molecule has 37 heavy (non-hydrogen) atoms. The lowest BCUT2D eigenvalue weighted by Gasteiger charge is -2.36. The van der Waals surface area contributed by atoms with Crippen molar-refractivity contribution >= 4 is 22.8 Å². The van der Waals surface area contributed by atoms with Gasteiger partial charge in [-0.3, -0.25) is 4.90 Å². The summed E-state index contributed by atoms with van der Waals surface area (Å²) in [6.45, 7) is 9.21. The summed E-state index contributed by atoms with van der Waals surface area (Å²) < 4.78 is 14.2. The van der Waals surface area contributed by atoms with Gasteiger partial charge in [-0.1, -0.05) is 36.4 Å². The first kappa shape index (κ1) is 23.1. The molecule has 2 heterocycles. The maximum Gasteiger partial charge on any atom is 0.410 e. The van der Waals surface area contributed by atoms with Gasteiger partial charge in [0.1, 0.15) is 17.1 Å². The van der Waals surface area contributed by atoms with E-state index in [1.807, 2.05) is 78.0 Å². The monoisotopic (exact) mass is 492 g/mol. The highest BCUT2D eigenvalue weighted by Crippen LogP contribution is 2.41. The van der Waals surface area contributed by atoms with Crippen molar-refractivity contribution in [3.05, 3.63) is 96.1 Å². The summed E-state index contributed by atoms with van der Waals surface area (Å²) >= 11 is 0. The number of imidazole rings is 1. The summed E-state index contributed by atoms with van der Waals surface area (Å²) in [6, 6.07) is 23.2. The molecule has 1 spiro atoms. The van der Waals surface area contributed by atoms with E-state index in [2.05, 4.69) is 14.4 Å². The van der Waals surface area contributed by atoms with Crippen molar-refractivity contribution in [2.75, 3.05) is 6.54 Å². The number of nitrogens with zero attached hydrogens (tertiary/aromatic N) is 4. The van der Waals surface area contributed by atoms with Gasteiger partial charge in [-0.2, -0.15) is 0 Å². The second kappa shape index (κ2) is 9.62. The highest BCUT2D eigenvalue weighted by Gasteiger charge is 2.47. The largest absolute Gasteiger partial charge is 0.457 e. The minimum absolute atomic E-state index is 0.246. The number of rotatable bonds is 6. The number of ether oxygens (including phenoxy) is 2. The average Bonchev–Trinajstić information content (AvgIpc) is 3.44. The van der Waals surface area contributed by atoms with Gasteiger partial charge in [-0.15, -0.1) is 0 Å². The molecule has 186 valence electrons. The Bertz CT molecular complexity index is 1480. The van der Waals surface area contributed by atoms with Crippen molar-refractivity contribution in [1.29, 1.82) is 0 Å². The SMILES string of the molecule is [C-]#[N+]c1ccc2ncn(C[C@H]3CCC[C@]4(C3)CN(Cc3cccc(Oc5ccccc5)c3)C(=O)O4)c2c1. The summed E-state index contributed by atoms with van der Waals surface area (Å²) in [7, 11) is 0. The van der Waals surface area contributed by atoms with E-state index in [4.69, 9.17) is 16.0 Å². The number of hydrogen-bond donors (Lipinski definition) is 0. The van der Waals surface area contributed by atoms with Gasteiger partial charge in [-0.25, -0.2) is 14.6 Å². The van der Waals surface area contributed by atoms with Crippen LogP contribution in [0.4, 0.5) is 10.5 Å². The van der Waals surface area contributed by atoms with E-state index >= 15 is 0 Å². The minimum Gasteiger partial charge on any atom is -0.457 e. The first-order valence-electron chi connectivity index (χ1n) is 12.7. The number of fused-ring (bicyclic) bond motifs is 1. The van der Waals surface area contributed by atoms with Crippen LogP contribution in [0.1, 0.15) is 31.2 Å². The molecule has 0 radical (unpaired) electrons. The first-order valence-corrected chi connectivity index (χ1v) is 12.7. The molecule has 0 unspecified atom stereocenters. The quantitative estimate of drug-likeness (QED) is 0.273. The van der Waals surface area contributed by atoms with Crippen LogP contribution in [0.3, 0.4) is 0 Å². The van der Waals surface area contributed by atoms with Crippen LogP contribution < -0.4 is 4.74 Å². The summed E-state index contributed by atoms with van der Waals surface area (Å²) in [5, 5.41) is 0. The molecule has 1 saturated heterocycles. The van der Waals surface area contributed by atoms with Gasteiger partial charge in [0.2, 0.25) is 0 Å². The van der Waals surface area contributed by atoms with Crippen LogP contribution in [0.15, 0.2) is 79.1 Å². The fourth-order valence-electron chi connectivity index (χ4n) is 5.74. The zero-order valence-corrected chi connectivity index (χ0v) is 20.5. The molecular formula is C30H28N4O3. The minimum atomic E-state index is -0.448. The van der Waals surface area contributed by atoms with Gasteiger partial charge in [-0.05, 0) is 73.6 Å². The Kier molecular flexibility index (Phi) is 6.01. The summed E-state index contributed by atoms with van der Waals surface area (Å²) in [4.78, 5) is 22.8. The molecule has 0 bridgehead atoms. The Labute approximate surface area is 216 Å². The molecule has 1 aliphatic heterocycles. The molecule has 1 aliphatic carbocycles. The summed E-state index contributed by atoms with van der Waals surface area (Å²) in [6.07, 6.45) is 5.43. The molecule has 4 aromatic rings. The molecule has 2 fully saturated rings. The molecule has 7 heteroatoms. The molecule has 2 aliphatic rings. The lowest BCUT2D eigenvalue weighted by molar-refractivity contribution is 0.00415. The van der Waals surface area contributed by atoms with Crippen LogP contribution in [0.2, 0.25) is 0 Å². The Morgan fingerprint density at radius 3 is 2.81 bits per heavy atom. The number of benzene rings is 3. The van der Waals surface area contributed by atoms with Crippen LogP contribution in [0.25, 0.3) is 15.9 Å². The molecular weight excluding hydrogens is 464 g/mol. The van der Waals surface area contributed by atoms with Gasteiger partial charge >= 0.3 is 6.09 Å². The van der Waals surface area contributed by atoms with Crippen LogP contribution in [0, 0.1) is 12.5 Å². The fraction of sp³-hybridized carbons (Fsp3) is 0.300. The molecule has 1 amide bonds. The number of para-hydroxylation sites is 1. The van der Waals surface area contributed by atoms with Gasteiger partial charge in [0, 0.05) is 13.1 Å². The fourth-order valence-corrected chi connectivity index (χ4v) is 5.74. The number of amides is 1. The zero-order valence-electron chi connectivity index (χ0n) is 20.5. The molecule has 7 nitrogen and oxygen atoms in total. The maximum atomic E-state index is 12.9. The predicted octanol–water partition coefficient (Wildman–Crippen LogP) is 6.96. The third-order valence-electron chi connectivity index (χ3n) is 7.39. The van der Waals surface area contributed by atoms with Crippen molar-refractivity contribution in [3.63, 3.8) is 0 Å². The van der Waals surface area contributed by atoms with Crippen LogP contribution in [0.5, 0.6) is 11.5 Å². The average molecular weight is 493 g/mol. The zero-order chi connectivity index (χ0) is 25.2. The number of carbonyl (C=O) groups excluding carboxylic acids is 1. The van der Waals surface area contributed by atoms with E-state index in [0.29, 0.717) is 24.7 Å². The van der Waals surface area contributed by atoms with Crippen molar-refractivity contribution in [1.82, 2.24) is 14.5 Å². The van der Waals surface area contributed by atoms with Gasteiger partial charge < -0.3 is 14.0 Å². The second-order valence-corrected chi connectivity index (χ2v) is 10.1. The van der Waals surface area contributed by atoms with Crippen LogP contribution in [-0.4, -0.2) is 32.7 Å². The second-order valence-electron chi connectivity index (χ2n) is 10.1. The number of hydrogen-bond acceptors (Lipinski definition) is 4. The van der Waals surface area contributed by atoms with Gasteiger partial charge in [0.05, 0.1) is 30.5 Å². The third-order valence-corrected chi connectivity index (χ3v) is 7.39. The molecule has 0 N–H and O–H groups in total. The van der Waals surface area contributed by atoms with Crippen molar-refractivity contribution in [2.45, 2.75) is 44.4 Å². The Morgan fingerprint density at radius 2 is 1.95 bits per heavy atom. The standard InChI is InChI=1S/C30H28N4O3/c1-31-24-12-13-27-28(16-24)34(21-32-27)19-23-8-6-14-30(17-23)20-33(29(35)37-30)18-22-7-5-11-26(15-22)36-25-9-3-2-4-10-25/h2-5,7,9-13,15-16,21,23H,6,8,14,17-20H2/t23-,30-/m0/s1. The smallest absolute Gasteiger partial charge is 0.410 e. The summed E-state index contributed by atoms with van der Waals surface area (Å²) in [5.74, 6) is 1.90. The molecule has 2 atom stereocenters. The first-order chi connectivity index (χ1) is 18.1. The Hall–Kier alpha value is -4.31.